The summed E-state index contributed by atoms with van der Waals surface area (Å²) in [4.78, 5) is 55.4. The summed E-state index contributed by atoms with van der Waals surface area (Å²) in [5.41, 5.74) is 2.63. The molecule has 9 nitrogen and oxygen atoms in total. The van der Waals surface area contributed by atoms with Crippen LogP contribution in [0.2, 0.25) is 0 Å². The van der Waals surface area contributed by atoms with Gasteiger partial charge in [-0.15, -0.1) is 23.1 Å². The molecule has 11 heteroatoms. The highest BCUT2D eigenvalue weighted by atomic mass is 32.2. The molecule has 3 aromatic rings. The molecule has 0 fully saturated rings. The lowest BCUT2D eigenvalue weighted by atomic mass is 10.0. The second kappa shape index (κ2) is 14.3. The molecule has 3 amide bonds. The van der Waals surface area contributed by atoms with E-state index in [1.54, 1.807) is 17.9 Å². The van der Waals surface area contributed by atoms with Crippen molar-refractivity contribution < 1.29 is 28.7 Å². The molecule has 1 unspecified atom stereocenters. The summed E-state index contributed by atoms with van der Waals surface area (Å²) < 4.78 is 10.9. The van der Waals surface area contributed by atoms with E-state index in [4.69, 9.17) is 9.47 Å². The van der Waals surface area contributed by atoms with Crippen molar-refractivity contribution in [1.29, 1.82) is 0 Å². The van der Waals surface area contributed by atoms with Crippen molar-refractivity contribution in [1.82, 2.24) is 4.90 Å². The first kappa shape index (κ1) is 33.1. The summed E-state index contributed by atoms with van der Waals surface area (Å²) in [7, 11) is 0. The van der Waals surface area contributed by atoms with Crippen LogP contribution < -0.4 is 10.6 Å². The number of fused-ring (bicyclic) bond motifs is 1. The first-order valence-corrected chi connectivity index (χ1v) is 16.3. The smallest absolute Gasteiger partial charge is 0.410 e. The largest absolute Gasteiger partial charge is 0.462 e. The molecule has 0 saturated heterocycles. The molecule has 2 N–H and O–H groups in total. The van der Waals surface area contributed by atoms with Gasteiger partial charge in [-0.1, -0.05) is 31.2 Å². The summed E-state index contributed by atoms with van der Waals surface area (Å²) in [5.74, 6) is -0.947. The zero-order valence-corrected chi connectivity index (χ0v) is 27.6. The van der Waals surface area contributed by atoms with E-state index in [1.165, 1.54) is 23.1 Å². The van der Waals surface area contributed by atoms with Crippen LogP contribution in [0.25, 0.3) is 0 Å². The Labute approximate surface area is 266 Å². The second-order valence-electron chi connectivity index (χ2n) is 11.4. The van der Waals surface area contributed by atoms with E-state index in [1.807, 2.05) is 77.1 Å². The topological polar surface area (TPSA) is 114 Å². The van der Waals surface area contributed by atoms with Crippen LogP contribution in [0.5, 0.6) is 0 Å². The number of nitrogens with one attached hydrogen (secondary N) is 2. The number of aryl methyl sites for hydroxylation is 1. The Balaban J connectivity index is 1.50. The van der Waals surface area contributed by atoms with Crippen LogP contribution in [0.4, 0.5) is 15.5 Å². The molecule has 2 aromatic carbocycles. The third-order valence-electron chi connectivity index (χ3n) is 6.85. The average Bonchev–Trinajstić information content (AvgIpc) is 3.32. The predicted octanol–water partition coefficient (Wildman–Crippen LogP) is 7.29. The minimum absolute atomic E-state index is 0.199. The van der Waals surface area contributed by atoms with Crippen molar-refractivity contribution in [3.05, 3.63) is 75.7 Å². The maximum absolute atomic E-state index is 13.6. The van der Waals surface area contributed by atoms with Crippen molar-refractivity contribution in [2.45, 2.75) is 76.7 Å². The van der Waals surface area contributed by atoms with Gasteiger partial charge in [-0.05, 0) is 82.9 Å². The summed E-state index contributed by atoms with van der Waals surface area (Å²) in [6.45, 7) is 11.9. The van der Waals surface area contributed by atoms with E-state index in [0.29, 0.717) is 41.2 Å². The van der Waals surface area contributed by atoms with Crippen LogP contribution in [0.15, 0.2) is 53.4 Å². The number of nitrogens with zero attached hydrogens (tertiary/aromatic N) is 1. The first-order valence-electron chi connectivity index (χ1n) is 14.6. The van der Waals surface area contributed by atoms with Gasteiger partial charge in [0, 0.05) is 27.6 Å². The zero-order chi connectivity index (χ0) is 32.0. The average molecular weight is 638 g/mol. The number of ether oxygens (including phenoxy) is 2. The summed E-state index contributed by atoms with van der Waals surface area (Å²) in [6, 6.07) is 14.8. The van der Waals surface area contributed by atoms with E-state index in [2.05, 4.69) is 10.6 Å². The van der Waals surface area contributed by atoms with Crippen LogP contribution in [-0.2, 0) is 27.2 Å². The molecule has 0 saturated carbocycles. The van der Waals surface area contributed by atoms with Crippen molar-refractivity contribution in [3.8, 4) is 0 Å². The Kier molecular flexibility index (Phi) is 10.7. The highest BCUT2D eigenvalue weighted by molar-refractivity contribution is 8.00. The molecule has 1 atom stereocenters. The fraction of sp³-hybridized carbons (Fsp3) is 0.394. The van der Waals surface area contributed by atoms with Crippen LogP contribution in [-0.4, -0.2) is 52.8 Å². The fourth-order valence-corrected chi connectivity index (χ4v) is 7.01. The Morgan fingerprint density at radius 1 is 1.05 bits per heavy atom. The molecule has 0 spiro atoms. The summed E-state index contributed by atoms with van der Waals surface area (Å²) in [6.07, 6.45) is 0.560. The van der Waals surface area contributed by atoms with Gasteiger partial charge in [0.2, 0.25) is 5.91 Å². The van der Waals surface area contributed by atoms with Gasteiger partial charge in [-0.2, -0.15) is 0 Å². The lowest BCUT2D eigenvalue weighted by molar-refractivity contribution is -0.115. The standard InChI is InChI=1S/C33H39N3O6S2/c1-7-25(43-22-14-11-13-21(18-22)34-28(37)23-15-10-9-12-20(23)3)29(38)35-30-27(31(39)41-8-2)24-16-17-36(19-26(24)44-30)32(40)42-33(4,5)6/h9-15,18,25H,7-8,16-17,19H2,1-6H3,(H,34,37)(H,35,38). The van der Waals surface area contributed by atoms with Crippen molar-refractivity contribution in [2.75, 3.05) is 23.8 Å². The van der Waals surface area contributed by atoms with Crippen LogP contribution in [0, 0.1) is 6.92 Å². The lowest BCUT2D eigenvalue weighted by Gasteiger charge is -2.30. The Morgan fingerprint density at radius 3 is 2.48 bits per heavy atom. The quantitative estimate of drug-likeness (QED) is 0.187. The number of carbonyl (C=O) groups excluding carboxylic acids is 4. The molecule has 1 aliphatic heterocycles. The molecule has 4 rings (SSSR count). The predicted molar refractivity (Wildman–Crippen MR) is 175 cm³/mol. The van der Waals surface area contributed by atoms with E-state index in [9.17, 15) is 19.2 Å². The normalized spacial score (nSPS) is 13.5. The van der Waals surface area contributed by atoms with E-state index in [-0.39, 0.29) is 25.0 Å². The van der Waals surface area contributed by atoms with Gasteiger partial charge in [-0.3, -0.25) is 9.59 Å². The number of hydrogen-bond acceptors (Lipinski definition) is 8. The Bertz CT molecular complexity index is 1540. The first-order chi connectivity index (χ1) is 20.9. The molecule has 0 aliphatic carbocycles. The Morgan fingerprint density at radius 2 is 1.80 bits per heavy atom. The number of esters is 1. The molecule has 234 valence electrons. The van der Waals surface area contributed by atoms with Crippen LogP contribution in [0.1, 0.15) is 77.8 Å². The highest BCUT2D eigenvalue weighted by Gasteiger charge is 2.33. The minimum Gasteiger partial charge on any atom is -0.462 e. The number of hydrogen-bond donors (Lipinski definition) is 2. The summed E-state index contributed by atoms with van der Waals surface area (Å²) >= 11 is 2.67. The number of carbonyl (C=O) groups is 4. The zero-order valence-electron chi connectivity index (χ0n) is 25.9. The van der Waals surface area contributed by atoms with Crippen LogP contribution in [0.3, 0.4) is 0 Å². The SMILES string of the molecule is CCOC(=O)c1c(NC(=O)C(CC)Sc2cccc(NC(=O)c3ccccc3C)c2)sc2c1CCN(C(=O)OC(C)(C)C)C2. The molecule has 44 heavy (non-hydrogen) atoms. The molecule has 1 aliphatic rings. The van der Waals surface area contributed by atoms with Gasteiger partial charge in [0.1, 0.15) is 10.6 Å². The van der Waals surface area contributed by atoms with Gasteiger partial charge in [0.25, 0.3) is 5.91 Å². The monoisotopic (exact) mass is 637 g/mol. The number of thioether (sulfide) groups is 1. The number of anilines is 2. The number of amides is 3. The second-order valence-corrected chi connectivity index (χ2v) is 13.8. The van der Waals surface area contributed by atoms with Crippen LogP contribution >= 0.6 is 23.1 Å². The minimum atomic E-state index is -0.624. The molecular formula is C33H39N3O6S2. The van der Waals surface area contributed by atoms with Gasteiger partial charge in [0.05, 0.1) is 24.0 Å². The van der Waals surface area contributed by atoms with Gasteiger partial charge in [-0.25, -0.2) is 9.59 Å². The summed E-state index contributed by atoms with van der Waals surface area (Å²) in [5, 5.41) is 5.88. The number of thiophene rings is 1. The van der Waals surface area contributed by atoms with Gasteiger partial charge < -0.3 is 25.0 Å². The van der Waals surface area contributed by atoms with E-state index >= 15 is 0 Å². The van der Waals surface area contributed by atoms with Gasteiger partial charge in [0.15, 0.2) is 0 Å². The third kappa shape index (κ3) is 8.21. The third-order valence-corrected chi connectivity index (χ3v) is 9.34. The molecule has 1 aromatic heterocycles. The number of rotatable bonds is 9. The van der Waals surface area contributed by atoms with Crippen molar-refractivity contribution in [3.63, 3.8) is 0 Å². The molecule has 0 bridgehead atoms. The highest BCUT2D eigenvalue weighted by Crippen LogP contribution is 2.39. The van der Waals surface area contributed by atoms with E-state index < -0.39 is 22.9 Å². The maximum Gasteiger partial charge on any atom is 0.410 e. The molecule has 0 radical (unpaired) electrons. The molecular weight excluding hydrogens is 599 g/mol. The van der Waals surface area contributed by atoms with Crippen molar-refractivity contribution >= 4 is 57.7 Å². The van der Waals surface area contributed by atoms with Gasteiger partial charge >= 0.3 is 12.1 Å². The fourth-order valence-electron chi connectivity index (χ4n) is 4.75. The lowest BCUT2D eigenvalue weighted by Crippen LogP contribution is -2.39. The van der Waals surface area contributed by atoms with E-state index in [0.717, 1.165) is 20.9 Å². The maximum atomic E-state index is 13.6. The Hall–Kier alpha value is -3.83. The number of benzene rings is 2. The molecule has 2 heterocycles. The van der Waals surface area contributed by atoms with Crippen molar-refractivity contribution in [2.24, 2.45) is 0 Å².